The summed E-state index contributed by atoms with van der Waals surface area (Å²) in [6.07, 6.45) is 9.51. The maximum absolute atomic E-state index is 12.6. The van der Waals surface area contributed by atoms with Crippen molar-refractivity contribution in [3.63, 3.8) is 0 Å². The average molecular weight is 390 g/mol. The van der Waals surface area contributed by atoms with Gasteiger partial charge in [-0.25, -0.2) is 4.98 Å². The molecule has 154 valence electrons. The molecule has 3 fully saturated rings. The van der Waals surface area contributed by atoms with Crippen molar-refractivity contribution < 1.29 is 18.7 Å². The smallest absolute Gasteiger partial charge is 0.273 e. The summed E-state index contributed by atoms with van der Waals surface area (Å²) in [5.74, 6) is 0.679. The van der Waals surface area contributed by atoms with Gasteiger partial charge in [0.15, 0.2) is 12.1 Å². The number of oxazole rings is 1. The van der Waals surface area contributed by atoms with Crippen molar-refractivity contribution in [2.75, 3.05) is 26.3 Å². The Morgan fingerprint density at radius 1 is 1.11 bits per heavy atom. The Labute approximate surface area is 165 Å². The van der Waals surface area contributed by atoms with Crippen LogP contribution in [0.5, 0.6) is 0 Å². The van der Waals surface area contributed by atoms with E-state index in [1.54, 1.807) is 0 Å². The predicted molar refractivity (Wildman–Crippen MR) is 102 cm³/mol. The number of hydrogen-bond donors (Lipinski definition) is 2. The highest BCUT2D eigenvalue weighted by atomic mass is 16.5. The van der Waals surface area contributed by atoms with E-state index in [1.807, 2.05) is 0 Å². The van der Waals surface area contributed by atoms with Crippen molar-refractivity contribution in [1.29, 1.82) is 0 Å². The summed E-state index contributed by atoms with van der Waals surface area (Å²) in [4.78, 5) is 31.1. The van der Waals surface area contributed by atoms with Gasteiger partial charge in [-0.1, -0.05) is 0 Å². The molecule has 8 nitrogen and oxygen atoms in total. The first-order valence-corrected chi connectivity index (χ1v) is 10.5. The maximum Gasteiger partial charge on any atom is 0.273 e. The summed E-state index contributed by atoms with van der Waals surface area (Å²) >= 11 is 0. The van der Waals surface area contributed by atoms with E-state index >= 15 is 0 Å². The Morgan fingerprint density at radius 2 is 1.89 bits per heavy atom. The standard InChI is InChI=1S/C20H30N4O4/c25-19(23-15-5-7-27-8-6-15)9-16-3-4-17(24(16)11-14-1-2-14)10-21-20(26)18-12-28-13-22-18/h12-17H,1-11H2,(H,21,26)(H,23,25)/t16-,17+/m1/s1. The summed E-state index contributed by atoms with van der Waals surface area (Å²) in [5.41, 5.74) is 0.305. The molecule has 1 saturated carbocycles. The van der Waals surface area contributed by atoms with E-state index in [0.29, 0.717) is 18.7 Å². The first-order valence-electron chi connectivity index (χ1n) is 10.5. The van der Waals surface area contributed by atoms with Gasteiger partial charge in [-0.3, -0.25) is 14.5 Å². The molecular formula is C20H30N4O4. The van der Waals surface area contributed by atoms with Crippen LogP contribution in [-0.4, -0.2) is 66.1 Å². The molecule has 1 aromatic heterocycles. The molecule has 2 N–H and O–H groups in total. The van der Waals surface area contributed by atoms with Crippen LogP contribution in [0.4, 0.5) is 0 Å². The molecule has 2 aliphatic heterocycles. The molecule has 0 unspecified atom stereocenters. The minimum absolute atomic E-state index is 0.143. The van der Waals surface area contributed by atoms with Gasteiger partial charge >= 0.3 is 0 Å². The van der Waals surface area contributed by atoms with Crippen molar-refractivity contribution in [2.24, 2.45) is 5.92 Å². The van der Waals surface area contributed by atoms with Crippen LogP contribution in [0.15, 0.2) is 17.1 Å². The largest absolute Gasteiger partial charge is 0.451 e. The zero-order valence-corrected chi connectivity index (χ0v) is 16.3. The second kappa shape index (κ2) is 9.05. The summed E-state index contributed by atoms with van der Waals surface area (Å²) in [7, 11) is 0. The SMILES string of the molecule is O=C(C[C@H]1CC[C@@H](CNC(=O)c2cocn2)N1CC1CC1)NC1CCOCC1. The molecule has 0 spiro atoms. The van der Waals surface area contributed by atoms with Crippen LogP contribution in [0, 0.1) is 5.92 Å². The Hall–Kier alpha value is -1.93. The molecule has 2 saturated heterocycles. The zero-order chi connectivity index (χ0) is 19.3. The molecule has 0 bridgehead atoms. The molecule has 2 amide bonds. The third-order valence-electron chi connectivity index (χ3n) is 6.11. The van der Waals surface area contributed by atoms with Crippen molar-refractivity contribution in [1.82, 2.24) is 20.5 Å². The van der Waals surface area contributed by atoms with Gasteiger partial charge in [-0.15, -0.1) is 0 Å². The molecule has 4 rings (SSSR count). The topological polar surface area (TPSA) is 96.7 Å². The fourth-order valence-corrected chi connectivity index (χ4v) is 4.32. The maximum atomic E-state index is 12.6. The molecule has 3 heterocycles. The molecule has 1 aliphatic carbocycles. The highest BCUT2D eigenvalue weighted by Crippen LogP contribution is 2.35. The lowest BCUT2D eigenvalue weighted by molar-refractivity contribution is -0.123. The van der Waals surface area contributed by atoms with Gasteiger partial charge in [0.2, 0.25) is 5.91 Å². The Bertz CT molecular complexity index is 655. The molecule has 8 heteroatoms. The van der Waals surface area contributed by atoms with E-state index in [0.717, 1.165) is 51.4 Å². The van der Waals surface area contributed by atoms with Gasteiger partial charge in [-0.05, 0) is 44.4 Å². The molecular weight excluding hydrogens is 360 g/mol. The van der Waals surface area contributed by atoms with Crippen LogP contribution in [0.2, 0.25) is 0 Å². The summed E-state index contributed by atoms with van der Waals surface area (Å²) in [5, 5.41) is 6.16. The van der Waals surface area contributed by atoms with Gasteiger partial charge in [0.05, 0.1) is 0 Å². The predicted octanol–water partition coefficient (Wildman–Crippen LogP) is 1.33. The second-order valence-corrected chi connectivity index (χ2v) is 8.27. The number of amides is 2. The van der Waals surface area contributed by atoms with Crippen molar-refractivity contribution in [3.8, 4) is 0 Å². The van der Waals surface area contributed by atoms with Crippen molar-refractivity contribution in [2.45, 2.75) is 63.1 Å². The van der Waals surface area contributed by atoms with E-state index < -0.39 is 0 Å². The number of carbonyl (C=O) groups is 2. The highest BCUT2D eigenvalue weighted by molar-refractivity contribution is 5.91. The van der Waals surface area contributed by atoms with Crippen LogP contribution in [0.3, 0.4) is 0 Å². The summed E-state index contributed by atoms with van der Waals surface area (Å²) < 4.78 is 10.2. The molecule has 28 heavy (non-hydrogen) atoms. The molecule has 1 aromatic rings. The van der Waals surface area contributed by atoms with E-state index in [4.69, 9.17) is 9.15 Å². The number of nitrogens with one attached hydrogen (secondary N) is 2. The second-order valence-electron chi connectivity index (χ2n) is 8.27. The van der Waals surface area contributed by atoms with Crippen LogP contribution in [-0.2, 0) is 9.53 Å². The van der Waals surface area contributed by atoms with E-state index in [9.17, 15) is 9.59 Å². The van der Waals surface area contributed by atoms with Crippen LogP contribution < -0.4 is 10.6 Å². The van der Waals surface area contributed by atoms with E-state index in [2.05, 4.69) is 20.5 Å². The fourth-order valence-electron chi connectivity index (χ4n) is 4.32. The number of carbonyl (C=O) groups excluding carboxylic acids is 2. The Balaban J connectivity index is 1.29. The first-order chi connectivity index (χ1) is 13.7. The number of hydrogen-bond acceptors (Lipinski definition) is 6. The normalized spacial score (nSPS) is 26.3. The lowest BCUT2D eigenvalue weighted by atomic mass is 10.1. The fraction of sp³-hybridized carbons (Fsp3) is 0.750. The number of nitrogens with zero attached hydrogens (tertiary/aromatic N) is 2. The summed E-state index contributed by atoms with van der Waals surface area (Å²) in [6, 6.07) is 0.781. The minimum Gasteiger partial charge on any atom is -0.451 e. The molecule has 0 radical (unpaired) electrons. The Morgan fingerprint density at radius 3 is 2.61 bits per heavy atom. The number of aromatic nitrogens is 1. The van der Waals surface area contributed by atoms with Crippen LogP contribution in [0.1, 0.15) is 55.4 Å². The molecule has 3 aliphatic rings. The average Bonchev–Trinajstić information content (AvgIpc) is 3.20. The molecule has 0 aromatic carbocycles. The summed E-state index contributed by atoms with van der Waals surface area (Å²) in [6.45, 7) is 3.07. The van der Waals surface area contributed by atoms with Gasteiger partial charge in [-0.2, -0.15) is 0 Å². The lowest BCUT2D eigenvalue weighted by Gasteiger charge is -2.31. The van der Waals surface area contributed by atoms with E-state index in [1.165, 1.54) is 25.5 Å². The van der Waals surface area contributed by atoms with Crippen molar-refractivity contribution in [3.05, 3.63) is 18.4 Å². The lowest BCUT2D eigenvalue weighted by Crippen LogP contribution is -2.46. The van der Waals surface area contributed by atoms with Gasteiger partial charge in [0.25, 0.3) is 5.91 Å². The van der Waals surface area contributed by atoms with Crippen molar-refractivity contribution >= 4 is 11.8 Å². The number of rotatable bonds is 8. The minimum atomic E-state index is -0.208. The number of likely N-dealkylation sites (tertiary alicyclic amines) is 1. The van der Waals surface area contributed by atoms with Crippen LogP contribution in [0.25, 0.3) is 0 Å². The zero-order valence-electron chi connectivity index (χ0n) is 16.3. The first kappa shape index (κ1) is 19.4. The Kier molecular flexibility index (Phi) is 6.26. The monoisotopic (exact) mass is 390 g/mol. The third kappa shape index (κ3) is 5.11. The number of ether oxygens (including phenoxy) is 1. The van der Waals surface area contributed by atoms with Gasteiger partial charge in [0, 0.05) is 50.8 Å². The quantitative estimate of drug-likeness (QED) is 0.695. The molecule has 2 atom stereocenters. The third-order valence-corrected chi connectivity index (χ3v) is 6.11. The van der Waals surface area contributed by atoms with E-state index in [-0.39, 0.29) is 29.9 Å². The van der Waals surface area contributed by atoms with Gasteiger partial charge < -0.3 is 19.8 Å². The van der Waals surface area contributed by atoms with Gasteiger partial charge in [0.1, 0.15) is 6.26 Å². The highest BCUT2D eigenvalue weighted by Gasteiger charge is 2.38. The van der Waals surface area contributed by atoms with Crippen LogP contribution >= 0.6 is 0 Å².